The van der Waals surface area contributed by atoms with E-state index in [-0.39, 0.29) is 6.35 Å². The van der Waals surface area contributed by atoms with E-state index in [0.717, 1.165) is 5.56 Å². The number of benzene rings is 1. The van der Waals surface area contributed by atoms with Gasteiger partial charge in [-0.2, -0.15) is 0 Å². The van der Waals surface area contributed by atoms with Gasteiger partial charge in [0.15, 0.2) is 6.35 Å². The van der Waals surface area contributed by atoms with Gasteiger partial charge in [0, 0.05) is 7.11 Å². The largest absolute Gasteiger partial charge is 0.481 e. The highest BCUT2D eigenvalue weighted by Gasteiger charge is 2.17. The molecule has 0 aliphatic carbocycles. The van der Waals surface area contributed by atoms with Crippen molar-refractivity contribution in [3.8, 4) is 5.75 Å². The Morgan fingerprint density at radius 1 is 1.50 bits per heavy atom. The molecule has 4 nitrogen and oxygen atoms in total. The zero-order valence-electron chi connectivity index (χ0n) is 8.14. The first-order valence-corrected chi connectivity index (χ1v) is 5.87. The molecule has 0 amide bonds. The van der Waals surface area contributed by atoms with Gasteiger partial charge in [-0.25, -0.2) is 0 Å². The fraction of sp³-hybridized carbons (Fsp3) is 0.333. The standard InChI is InChI=1S/C9H13O4P/c1-8-4-3-5-9(6-8)13-7-14(10,11)12-2/h3-6H,7H2,1-2H3,(H,10,11). The van der Waals surface area contributed by atoms with Crippen LogP contribution in [0.4, 0.5) is 0 Å². The van der Waals surface area contributed by atoms with Crippen LogP contribution in [-0.2, 0) is 9.09 Å². The maximum atomic E-state index is 11.0. The Labute approximate surface area is 83.0 Å². The van der Waals surface area contributed by atoms with Crippen molar-refractivity contribution in [2.75, 3.05) is 13.5 Å². The minimum atomic E-state index is -3.58. The maximum Gasteiger partial charge on any atom is 0.364 e. The third-order valence-electron chi connectivity index (χ3n) is 1.67. The zero-order chi connectivity index (χ0) is 10.6. The van der Waals surface area contributed by atoms with Crippen molar-refractivity contribution in [2.45, 2.75) is 6.92 Å². The molecule has 0 saturated carbocycles. The number of aryl methyl sites for hydroxylation is 1. The highest BCUT2D eigenvalue weighted by Crippen LogP contribution is 2.40. The number of ether oxygens (including phenoxy) is 1. The van der Waals surface area contributed by atoms with Crippen LogP contribution >= 0.6 is 7.60 Å². The molecule has 1 aromatic carbocycles. The van der Waals surface area contributed by atoms with Gasteiger partial charge in [0.1, 0.15) is 5.75 Å². The summed E-state index contributed by atoms with van der Waals surface area (Å²) in [6, 6.07) is 7.25. The lowest BCUT2D eigenvalue weighted by atomic mass is 10.2. The van der Waals surface area contributed by atoms with Crippen molar-refractivity contribution in [2.24, 2.45) is 0 Å². The highest BCUT2D eigenvalue weighted by molar-refractivity contribution is 7.52. The molecule has 5 heteroatoms. The second-order valence-electron chi connectivity index (χ2n) is 2.91. The van der Waals surface area contributed by atoms with E-state index in [0.29, 0.717) is 5.75 Å². The topological polar surface area (TPSA) is 55.8 Å². The molecule has 0 fully saturated rings. The summed E-state index contributed by atoms with van der Waals surface area (Å²) in [4.78, 5) is 9.06. The van der Waals surface area contributed by atoms with E-state index in [2.05, 4.69) is 4.52 Å². The van der Waals surface area contributed by atoms with E-state index in [1.54, 1.807) is 12.1 Å². The van der Waals surface area contributed by atoms with Crippen molar-refractivity contribution >= 4 is 7.60 Å². The Balaban J connectivity index is 2.58. The molecule has 1 aromatic rings. The average molecular weight is 216 g/mol. The predicted octanol–water partition coefficient (Wildman–Crippen LogP) is 2.16. The SMILES string of the molecule is COP(=O)(O)COc1cccc(C)c1. The molecule has 0 spiro atoms. The summed E-state index contributed by atoms with van der Waals surface area (Å²) < 4.78 is 20.5. The van der Waals surface area contributed by atoms with E-state index in [1.807, 2.05) is 19.1 Å². The van der Waals surface area contributed by atoms with Gasteiger partial charge in [-0.3, -0.25) is 4.57 Å². The lowest BCUT2D eigenvalue weighted by molar-refractivity contribution is 0.269. The van der Waals surface area contributed by atoms with Crippen LogP contribution < -0.4 is 4.74 Å². The second-order valence-corrected chi connectivity index (χ2v) is 4.81. The van der Waals surface area contributed by atoms with Crippen molar-refractivity contribution < 1.29 is 18.7 Å². The fourth-order valence-corrected chi connectivity index (χ4v) is 1.33. The molecule has 0 bridgehead atoms. The van der Waals surface area contributed by atoms with E-state index in [4.69, 9.17) is 9.63 Å². The first-order valence-electron chi connectivity index (χ1n) is 4.10. The molecule has 0 radical (unpaired) electrons. The molecule has 1 unspecified atom stereocenters. The summed E-state index contributed by atoms with van der Waals surface area (Å²) in [6.07, 6.45) is -0.326. The van der Waals surface area contributed by atoms with E-state index in [1.165, 1.54) is 7.11 Å². The Kier molecular flexibility index (Phi) is 3.69. The van der Waals surface area contributed by atoms with Crippen LogP contribution in [0.1, 0.15) is 5.56 Å². The molecular weight excluding hydrogens is 203 g/mol. The Hall–Kier alpha value is -0.830. The highest BCUT2D eigenvalue weighted by atomic mass is 31.2. The van der Waals surface area contributed by atoms with Gasteiger partial charge in [-0.15, -0.1) is 0 Å². The molecule has 14 heavy (non-hydrogen) atoms. The molecule has 0 aliphatic rings. The minimum Gasteiger partial charge on any atom is -0.481 e. The molecule has 0 heterocycles. The van der Waals surface area contributed by atoms with Crippen molar-refractivity contribution in [1.29, 1.82) is 0 Å². The number of hydrogen-bond donors (Lipinski definition) is 1. The van der Waals surface area contributed by atoms with Gasteiger partial charge in [0.25, 0.3) is 0 Å². The summed E-state index contributed by atoms with van der Waals surface area (Å²) in [7, 11) is -2.40. The lowest BCUT2D eigenvalue weighted by Gasteiger charge is -2.10. The lowest BCUT2D eigenvalue weighted by Crippen LogP contribution is -1.99. The third-order valence-corrected chi connectivity index (χ3v) is 2.70. The monoisotopic (exact) mass is 216 g/mol. The van der Waals surface area contributed by atoms with Crippen LogP contribution in [0.25, 0.3) is 0 Å². The van der Waals surface area contributed by atoms with Gasteiger partial charge < -0.3 is 14.2 Å². The molecule has 1 atom stereocenters. The quantitative estimate of drug-likeness (QED) is 0.783. The Bertz CT molecular complexity index is 350. The average Bonchev–Trinajstić information content (AvgIpc) is 2.15. The van der Waals surface area contributed by atoms with Crippen molar-refractivity contribution in [3.05, 3.63) is 29.8 Å². The summed E-state index contributed by atoms with van der Waals surface area (Å²) in [5.74, 6) is 0.566. The van der Waals surface area contributed by atoms with E-state index in [9.17, 15) is 4.57 Å². The summed E-state index contributed by atoms with van der Waals surface area (Å²) in [5, 5.41) is 0. The fourth-order valence-electron chi connectivity index (χ4n) is 0.914. The van der Waals surface area contributed by atoms with Crippen LogP contribution in [0.15, 0.2) is 24.3 Å². The number of hydrogen-bond acceptors (Lipinski definition) is 3. The normalized spacial score (nSPS) is 14.8. The summed E-state index contributed by atoms with van der Waals surface area (Å²) in [5.41, 5.74) is 1.03. The van der Waals surface area contributed by atoms with Gasteiger partial charge in [0.05, 0.1) is 0 Å². The van der Waals surface area contributed by atoms with Crippen LogP contribution in [0.2, 0.25) is 0 Å². The summed E-state index contributed by atoms with van der Waals surface area (Å²) >= 11 is 0. The molecule has 1 rings (SSSR count). The van der Waals surface area contributed by atoms with Crippen LogP contribution in [0, 0.1) is 6.92 Å². The zero-order valence-corrected chi connectivity index (χ0v) is 9.03. The van der Waals surface area contributed by atoms with Crippen LogP contribution in [-0.4, -0.2) is 18.4 Å². The van der Waals surface area contributed by atoms with Gasteiger partial charge >= 0.3 is 7.60 Å². The second kappa shape index (κ2) is 4.60. The van der Waals surface area contributed by atoms with Crippen LogP contribution in [0.3, 0.4) is 0 Å². The molecule has 0 aliphatic heterocycles. The first kappa shape index (κ1) is 11.2. The molecule has 1 N–H and O–H groups in total. The minimum absolute atomic E-state index is 0.326. The molecule has 0 saturated heterocycles. The van der Waals surface area contributed by atoms with E-state index >= 15 is 0 Å². The first-order chi connectivity index (χ1) is 6.53. The van der Waals surface area contributed by atoms with Gasteiger partial charge in [0.2, 0.25) is 0 Å². The molecular formula is C9H13O4P. The van der Waals surface area contributed by atoms with Gasteiger partial charge in [-0.05, 0) is 24.6 Å². The maximum absolute atomic E-state index is 11.0. The molecule has 0 aromatic heterocycles. The number of rotatable bonds is 4. The van der Waals surface area contributed by atoms with Crippen LogP contribution in [0.5, 0.6) is 5.75 Å². The Morgan fingerprint density at radius 2 is 2.21 bits per heavy atom. The third kappa shape index (κ3) is 3.50. The van der Waals surface area contributed by atoms with Crippen molar-refractivity contribution in [3.63, 3.8) is 0 Å². The Morgan fingerprint density at radius 3 is 2.79 bits per heavy atom. The van der Waals surface area contributed by atoms with Gasteiger partial charge in [-0.1, -0.05) is 12.1 Å². The summed E-state index contributed by atoms with van der Waals surface area (Å²) in [6.45, 7) is 1.92. The van der Waals surface area contributed by atoms with Crippen molar-refractivity contribution in [1.82, 2.24) is 0 Å². The smallest absolute Gasteiger partial charge is 0.364 e. The predicted molar refractivity (Wildman–Crippen MR) is 53.5 cm³/mol. The molecule has 78 valence electrons. The van der Waals surface area contributed by atoms with E-state index < -0.39 is 7.60 Å².